The fourth-order valence-electron chi connectivity index (χ4n) is 1.67. The van der Waals surface area contributed by atoms with Gasteiger partial charge in [-0.25, -0.2) is 5.84 Å². The number of hydrogen-bond donors (Lipinski definition) is 3. The summed E-state index contributed by atoms with van der Waals surface area (Å²) in [5.74, 6) is 5.92. The van der Waals surface area contributed by atoms with Crippen molar-refractivity contribution in [3.8, 4) is 22.8 Å². The van der Waals surface area contributed by atoms with Gasteiger partial charge in [0, 0.05) is 5.56 Å². The lowest BCUT2D eigenvalue weighted by Crippen LogP contribution is -2.30. The van der Waals surface area contributed by atoms with Gasteiger partial charge >= 0.3 is 0 Å². The van der Waals surface area contributed by atoms with Gasteiger partial charge in [0.05, 0.1) is 19.9 Å². The third kappa shape index (κ3) is 2.50. The van der Waals surface area contributed by atoms with Crippen LogP contribution in [0.1, 0.15) is 10.5 Å². The van der Waals surface area contributed by atoms with Gasteiger partial charge in [-0.05, 0) is 24.3 Å². The Kier molecular flexibility index (Phi) is 3.67. The van der Waals surface area contributed by atoms with Gasteiger partial charge in [0.15, 0.2) is 0 Å². The summed E-state index contributed by atoms with van der Waals surface area (Å²) in [5.41, 5.74) is 3.58. The van der Waals surface area contributed by atoms with Gasteiger partial charge in [-0.3, -0.25) is 15.3 Å². The van der Waals surface area contributed by atoms with Crippen LogP contribution in [-0.4, -0.2) is 30.3 Å². The van der Waals surface area contributed by atoms with Crippen molar-refractivity contribution in [2.24, 2.45) is 5.84 Å². The molecule has 0 atom stereocenters. The highest BCUT2D eigenvalue weighted by molar-refractivity contribution is 5.93. The zero-order valence-corrected chi connectivity index (χ0v) is 10.6. The number of methoxy groups -OCH3 is 2. The number of rotatable bonds is 4. The molecule has 1 amide bonds. The lowest BCUT2D eigenvalue weighted by atomic mass is 10.1. The van der Waals surface area contributed by atoms with Crippen LogP contribution < -0.4 is 20.7 Å². The molecule has 0 saturated carbocycles. The maximum absolute atomic E-state index is 11.4. The Morgan fingerprint density at radius 2 is 2.11 bits per heavy atom. The summed E-state index contributed by atoms with van der Waals surface area (Å²) in [4.78, 5) is 11.4. The highest BCUT2D eigenvalue weighted by Crippen LogP contribution is 2.32. The van der Waals surface area contributed by atoms with Gasteiger partial charge < -0.3 is 9.47 Å². The number of nitrogens with zero attached hydrogens (tertiary/aromatic N) is 1. The number of nitrogen functional groups attached to an aromatic ring is 1. The van der Waals surface area contributed by atoms with Crippen LogP contribution in [0.2, 0.25) is 0 Å². The molecule has 100 valence electrons. The van der Waals surface area contributed by atoms with Crippen molar-refractivity contribution in [2.75, 3.05) is 14.2 Å². The molecule has 19 heavy (non-hydrogen) atoms. The predicted molar refractivity (Wildman–Crippen MR) is 68.8 cm³/mol. The molecule has 2 rings (SSSR count). The molecule has 1 aromatic carbocycles. The monoisotopic (exact) mass is 262 g/mol. The van der Waals surface area contributed by atoms with E-state index in [1.807, 2.05) is 5.43 Å². The highest BCUT2D eigenvalue weighted by Gasteiger charge is 2.14. The number of H-pyrrole nitrogens is 1. The van der Waals surface area contributed by atoms with Gasteiger partial charge in [0.1, 0.15) is 17.2 Å². The second-order valence-electron chi connectivity index (χ2n) is 3.71. The first-order valence-electron chi connectivity index (χ1n) is 5.48. The average Bonchev–Trinajstić information content (AvgIpc) is 2.95. The van der Waals surface area contributed by atoms with Gasteiger partial charge in [-0.1, -0.05) is 0 Å². The van der Waals surface area contributed by atoms with E-state index in [2.05, 4.69) is 10.2 Å². The van der Waals surface area contributed by atoms with Crippen molar-refractivity contribution >= 4 is 5.91 Å². The summed E-state index contributed by atoms with van der Waals surface area (Å²) >= 11 is 0. The Morgan fingerprint density at radius 1 is 1.32 bits per heavy atom. The number of benzene rings is 1. The highest BCUT2D eigenvalue weighted by atomic mass is 16.5. The van der Waals surface area contributed by atoms with Gasteiger partial charge in [-0.2, -0.15) is 5.10 Å². The van der Waals surface area contributed by atoms with E-state index in [0.717, 1.165) is 0 Å². The Bertz CT molecular complexity index is 594. The second-order valence-corrected chi connectivity index (χ2v) is 3.71. The van der Waals surface area contributed by atoms with Crippen LogP contribution in [0.4, 0.5) is 0 Å². The fraction of sp³-hybridized carbons (Fsp3) is 0.167. The summed E-state index contributed by atoms with van der Waals surface area (Å²) in [7, 11) is 3.13. The molecule has 0 bridgehead atoms. The molecule has 0 radical (unpaired) electrons. The molecule has 7 heteroatoms. The number of nitrogens with one attached hydrogen (secondary N) is 2. The minimum absolute atomic E-state index is 0.266. The van der Waals surface area contributed by atoms with Crippen molar-refractivity contribution in [1.82, 2.24) is 15.6 Å². The smallest absolute Gasteiger partial charge is 0.283 e. The first-order chi connectivity index (χ1) is 9.19. The normalized spacial score (nSPS) is 10.1. The van der Waals surface area contributed by atoms with E-state index in [9.17, 15) is 4.79 Å². The second kappa shape index (κ2) is 5.40. The summed E-state index contributed by atoms with van der Waals surface area (Å²) < 4.78 is 10.4. The molecule has 0 aliphatic rings. The van der Waals surface area contributed by atoms with Gasteiger partial charge in [-0.15, -0.1) is 0 Å². The zero-order valence-electron chi connectivity index (χ0n) is 10.6. The van der Waals surface area contributed by atoms with Crippen LogP contribution in [-0.2, 0) is 0 Å². The number of carbonyl (C=O) groups is 1. The summed E-state index contributed by atoms with van der Waals surface area (Å²) in [6.07, 6.45) is 0. The Morgan fingerprint density at radius 3 is 2.74 bits per heavy atom. The molecule has 0 aliphatic carbocycles. The van der Waals surface area contributed by atoms with E-state index < -0.39 is 5.91 Å². The molecular weight excluding hydrogens is 248 g/mol. The number of hydrogen-bond acceptors (Lipinski definition) is 5. The standard InChI is InChI=1S/C12H14N4O3/c1-18-7-3-4-11(19-2)8(5-7)9-6-10(16-15-9)12(17)14-13/h3-6H,13H2,1-2H3,(H,14,17)(H,15,16). The molecule has 1 heterocycles. The van der Waals surface area contributed by atoms with Crippen molar-refractivity contribution < 1.29 is 14.3 Å². The van der Waals surface area contributed by atoms with Crippen LogP contribution in [0.5, 0.6) is 11.5 Å². The minimum atomic E-state index is -0.444. The molecule has 0 fully saturated rings. The van der Waals surface area contributed by atoms with Crippen molar-refractivity contribution in [1.29, 1.82) is 0 Å². The molecule has 1 aromatic heterocycles. The summed E-state index contributed by atoms with van der Waals surface area (Å²) in [5, 5.41) is 6.67. The third-order valence-corrected chi connectivity index (χ3v) is 2.64. The molecule has 2 aromatic rings. The number of hydrazine groups is 1. The quantitative estimate of drug-likeness (QED) is 0.427. The molecule has 0 saturated heterocycles. The van der Waals surface area contributed by atoms with E-state index in [4.69, 9.17) is 15.3 Å². The fourth-order valence-corrected chi connectivity index (χ4v) is 1.67. The third-order valence-electron chi connectivity index (χ3n) is 2.64. The molecule has 4 N–H and O–H groups in total. The summed E-state index contributed by atoms with van der Waals surface area (Å²) in [6.45, 7) is 0. The Hall–Kier alpha value is -2.54. The van der Waals surface area contributed by atoms with Crippen LogP contribution >= 0.6 is 0 Å². The molecule has 0 unspecified atom stereocenters. The van der Waals surface area contributed by atoms with Crippen molar-refractivity contribution in [3.63, 3.8) is 0 Å². The molecule has 0 aliphatic heterocycles. The summed E-state index contributed by atoms with van der Waals surface area (Å²) in [6, 6.07) is 6.91. The maximum atomic E-state index is 11.4. The largest absolute Gasteiger partial charge is 0.497 e. The van der Waals surface area contributed by atoms with Crippen LogP contribution in [0.25, 0.3) is 11.3 Å². The van der Waals surface area contributed by atoms with Crippen LogP contribution in [0, 0.1) is 0 Å². The number of carbonyl (C=O) groups excluding carboxylic acids is 1. The van der Waals surface area contributed by atoms with Gasteiger partial charge in [0.25, 0.3) is 5.91 Å². The zero-order chi connectivity index (χ0) is 13.8. The van der Waals surface area contributed by atoms with Crippen LogP contribution in [0.3, 0.4) is 0 Å². The maximum Gasteiger partial charge on any atom is 0.283 e. The van der Waals surface area contributed by atoms with Crippen molar-refractivity contribution in [2.45, 2.75) is 0 Å². The van der Waals surface area contributed by atoms with Crippen LogP contribution in [0.15, 0.2) is 24.3 Å². The number of aromatic amines is 1. The van der Waals surface area contributed by atoms with Crippen molar-refractivity contribution in [3.05, 3.63) is 30.0 Å². The lowest BCUT2D eigenvalue weighted by Gasteiger charge is -2.08. The minimum Gasteiger partial charge on any atom is -0.497 e. The van der Waals surface area contributed by atoms with E-state index in [1.54, 1.807) is 38.5 Å². The molecule has 0 spiro atoms. The van der Waals surface area contributed by atoms with E-state index in [-0.39, 0.29) is 5.69 Å². The van der Waals surface area contributed by atoms with E-state index >= 15 is 0 Å². The topological polar surface area (TPSA) is 102 Å². The number of ether oxygens (including phenoxy) is 2. The number of aromatic nitrogens is 2. The molecule has 7 nitrogen and oxygen atoms in total. The van der Waals surface area contributed by atoms with E-state index in [1.165, 1.54) is 0 Å². The Balaban J connectivity index is 2.45. The Labute approximate surface area is 109 Å². The average molecular weight is 262 g/mol. The van der Waals surface area contributed by atoms with Gasteiger partial charge in [0.2, 0.25) is 0 Å². The number of amides is 1. The molecular formula is C12H14N4O3. The predicted octanol–water partition coefficient (Wildman–Crippen LogP) is 0.697. The SMILES string of the molecule is COc1ccc(OC)c(-c2cc(C(=O)NN)[nH]n2)c1. The first kappa shape index (κ1) is 12.9. The lowest BCUT2D eigenvalue weighted by molar-refractivity contribution is 0.0948. The number of nitrogens with two attached hydrogens (primary N) is 1. The first-order valence-corrected chi connectivity index (χ1v) is 5.48. The van der Waals surface area contributed by atoms with E-state index in [0.29, 0.717) is 22.8 Å².